The summed E-state index contributed by atoms with van der Waals surface area (Å²) < 4.78 is 6.74. The van der Waals surface area contributed by atoms with Crippen molar-refractivity contribution in [3.8, 4) is 6.07 Å². The van der Waals surface area contributed by atoms with Crippen LogP contribution in [-0.4, -0.2) is 72.1 Å². The third-order valence-electron chi connectivity index (χ3n) is 8.54. The molecule has 2 aliphatic rings. The lowest BCUT2D eigenvalue weighted by Gasteiger charge is -2.35. The third-order valence-corrected chi connectivity index (χ3v) is 8.54. The average molecular weight is 586 g/mol. The number of nitrogens with zero attached hydrogens (tertiary/aromatic N) is 4. The van der Waals surface area contributed by atoms with E-state index >= 15 is 0 Å². The lowest BCUT2D eigenvalue weighted by atomic mass is 9.69. The number of nitriles is 1. The van der Waals surface area contributed by atoms with E-state index in [4.69, 9.17) is 4.52 Å². The molecule has 1 aliphatic heterocycles. The molecule has 1 aromatic heterocycles. The second-order valence-corrected chi connectivity index (χ2v) is 10.9. The normalized spacial score (nSPS) is 16.9. The summed E-state index contributed by atoms with van der Waals surface area (Å²) in [6.07, 6.45) is 3.01. The Morgan fingerprint density at radius 1 is 1.05 bits per heavy atom. The number of fused-ring (bicyclic) bond motifs is 2. The summed E-state index contributed by atoms with van der Waals surface area (Å²) >= 11 is 0. The predicted octanol–water partition coefficient (Wildman–Crippen LogP) is 1.02. The monoisotopic (exact) mass is 585 g/mol. The van der Waals surface area contributed by atoms with Gasteiger partial charge in [0.15, 0.2) is 5.82 Å². The fourth-order valence-corrected chi connectivity index (χ4v) is 6.52. The van der Waals surface area contributed by atoms with Gasteiger partial charge in [-0.3, -0.25) is 14.4 Å². The summed E-state index contributed by atoms with van der Waals surface area (Å²) in [5.41, 5.74) is 3.49. The first kappa shape index (κ1) is 29.7. The minimum Gasteiger partial charge on any atom is -0.355 e. The molecule has 1 atom stereocenters. The molecule has 43 heavy (non-hydrogen) atoms. The van der Waals surface area contributed by atoms with E-state index in [1.54, 1.807) is 38.2 Å². The van der Waals surface area contributed by atoms with Crippen molar-refractivity contribution in [3.05, 3.63) is 86.2 Å². The number of carbonyl (C=O) groups is 3. The minimum absolute atomic E-state index is 0.0525. The van der Waals surface area contributed by atoms with Gasteiger partial charge in [-0.2, -0.15) is 15.0 Å². The second-order valence-electron chi connectivity index (χ2n) is 10.9. The van der Waals surface area contributed by atoms with Crippen LogP contribution in [0.1, 0.15) is 68.1 Å². The molecule has 2 heterocycles. The highest BCUT2D eigenvalue weighted by Crippen LogP contribution is 2.46. The van der Waals surface area contributed by atoms with E-state index in [2.05, 4.69) is 27.0 Å². The standard InChI is InChI=1S/C31H35N7O5/c1-33-27(40)21-8-10-24-19(15-21)6-7-20-16-22(28(41)34-2)9-11-25(20)31(24,29-36-30(42)43-37(29)3)12-13-35-18-26(39)38-14-4-5-23(38)17-32/h8-11,15-16,23,35H,4-7,12-14,18H2,1-3H3,(H,33,40)(H,34,41). The maximum Gasteiger partial charge on any atom is 0.459 e. The number of hydrogen-bond acceptors (Lipinski definition) is 8. The maximum absolute atomic E-state index is 12.9. The van der Waals surface area contributed by atoms with E-state index in [0.29, 0.717) is 55.7 Å². The summed E-state index contributed by atoms with van der Waals surface area (Å²) in [4.78, 5) is 56.6. The van der Waals surface area contributed by atoms with Crippen molar-refractivity contribution in [2.24, 2.45) is 7.05 Å². The van der Waals surface area contributed by atoms with Gasteiger partial charge in [-0.1, -0.05) is 12.1 Å². The largest absolute Gasteiger partial charge is 0.459 e. The predicted molar refractivity (Wildman–Crippen MR) is 157 cm³/mol. The van der Waals surface area contributed by atoms with Crippen molar-refractivity contribution in [1.82, 2.24) is 30.6 Å². The van der Waals surface area contributed by atoms with Gasteiger partial charge in [0.2, 0.25) is 5.91 Å². The summed E-state index contributed by atoms with van der Waals surface area (Å²) in [5.74, 6) is -0.946. The van der Waals surface area contributed by atoms with E-state index < -0.39 is 17.2 Å². The Hall–Kier alpha value is -4.76. The van der Waals surface area contributed by atoms with Gasteiger partial charge in [0.05, 0.1) is 18.0 Å². The van der Waals surface area contributed by atoms with Gasteiger partial charge in [0, 0.05) is 38.8 Å². The van der Waals surface area contributed by atoms with E-state index in [1.807, 2.05) is 24.3 Å². The molecule has 0 bridgehead atoms. The first-order valence-electron chi connectivity index (χ1n) is 14.4. The highest BCUT2D eigenvalue weighted by atomic mass is 16.5. The van der Waals surface area contributed by atoms with Gasteiger partial charge in [-0.15, -0.1) is 0 Å². The van der Waals surface area contributed by atoms with Crippen LogP contribution in [0, 0.1) is 11.3 Å². The summed E-state index contributed by atoms with van der Waals surface area (Å²) in [6, 6.07) is 12.8. The Bertz CT molecular complexity index is 1600. The van der Waals surface area contributed by atoms with Crippen molar-refractivity contribution >= 4 is 17.7 Å². The zero-order chi connectivity index (χ0) is 30.7. The van der Waals surface area contributed by atoms with E-state index in [1.165, 1.54) is 4.74 Å². The van der Waals surface area contributed by atoms with Crippen molar-refractivity contribution < 1.29 is 18.9 Å². The number of aryl methyl sites for hydroxylation is 3. The molecule has 224 valence electrons. The highest BCUT2D eigenvalue weighted by molar-refractivity contribution is 5.95. The van der Waals surface area contributed by atoms with Crippen LogP contribution >= 0.6 is 0 Å². The maximum atomic E-state index is 12.9. The Balaban J connectivity index is 1.62. The molecule has 0 radical (unpaired) electrons. The minimum atomic E-state index is -1.02. The first-order valence-corrected chi connectivity index (χ1v) is 14.4. The number of carbonyl (C=O) groups excluding carboxylic acids is 3. The molecule has 2 aromatic carbocycles. The van der Waals surface area contributed by atoms with Crippen LogP contribution < -0.4 is 21.7 Å². The molecule has 1 unspecified atom stereocenters. The lowest BCUT2D eigenvalue weighted by Crippen LogP contribution is -2.42. The van der Waals surface area contributed by atoms with Crippen LogP contribution in [-0.2, 0) is 30.1 Å². The Morgan fingerprint density at radius 2 is 1.65 bits per heavy atom. The highest BCUT2D eigenvalue weighted by Gasteiger charge is 2.45. The number of nitrogens with one attached hydrogen (secondary N) is 3. The van der Waals surface area contributed by atoms with Gasteiger partial charge < -0.3 is 25.4 Å². The van der Waals surface area contributed by atoms with Crippen LogP contribution in [0.3, 0.4) is 0 Å². The second kappa shape index (κ2) is 12.2. The van der Waals surface area contributed by atoms with Crippen LogP contribution in [0.4, 0.5) is 0 Å². The fourth-order valence-electron chi connectivity index (χ4n) is 6.52. The smallest absolute Gasteiger partial charge is 0.355 e. The average Bonchev–Trinajstić information content (AvgIpc) is 3.61. The van der Waals surface area contributed by atoms with Gasteiger partial charge in [-0.05, 0) is 85.2 Å². The van der Waals surface area contributed by atoms with Crippen LogP contribution in [0.2, 0.25) is 0 Å². The van der Waals surface area contributed by atoms with E-state index in [0.717, 1.165) is 28.7 Å². The molecule has 3 N–H and O–H groups in total. The van der Waals surface area contributed by atoms with E-state index in [9.17, 15) is 24.4 Å². The van der Waals surface area contributed by atoms with Crippen LogP contribution in [0.5, 0.6) is 0 Å². The molecular formula is C31H35N7O5. The molecule has 1 saturated heterocycles. The Morgan fingerprint density at radius 3 is 2.16 bits per heavy atom. The van der Waals surface area contributed by atoms with Crippen molar-refractivity contribution in [1.29, 1.82) is 5.26 Å². The molecular weight excluding hydrogens is 550 g/mol. The third kappa shape index (κ3) is 5.44. The van der Waals surface area contributed by atoms with Gasteiger partial charge in [-0.25, -0.2) is 4.79 Å². The Labute approximate surface area is 249 Å². The zero-order valence-corrected chi connectivity index (χ0v) is 24.5. The molecule has 12 nitrogen and oxygen atoms in total. The summed E-state index contributed by atoms with van der Waals surface area (Å²) in [6.45, 7) is 0.966. The van der Waals surface area contributed by atoms with Crippen LogP contribution in [0.15, 0.2) is 45.7 Å². The fraction of sp³-hybridized carbons (Fsp3) is 0.419. The molecule has 1 fully saturated rings. The number of hydrogen-bond donors (Lipinski definition) is 3. The molecule has 1 aliphatic carbocycles. The Kier molecular flexibility index (Phi) is 8.45. The number of aromatic nitrogens is 2. The quantitative estimate of drug-likeness (QED) is 0.330. The van der Waals surface area contributed by atoms with Crippen molar-refractivity contribution in [2.45, 2.75) is 43.6 Å². The number of likely N-dealkylation sites (tertiary alicyclic amines) is 1. The zero-order valence-electron chi connectivity index (χ0n) is 24.5. The van der Waals surface area contributed by atoms with E-state index in [-0.39, 0.29) is 24.3 Å². The van der Waals surface area contributed by atoms with Crippen LogP contribution in [0.25, 0.3) is 0 Å². The van der Waals surface area contributed by atoms with Gasteiger partial charge in [0.25, 0.3) is 11.8 Å². The summed E-state index contributed by atoms with van der Waals surface area (Å²) in [7, 11) is 4.78. The molecule has 3 amide bonds. The molecule has 0 spiro atoms. The molecule has 5 rings (SSSR count). The van der Waals surface area contributed by atoms with Gasteiger partial charge in [0.1, 0.15) is 6.04 Å². The SMILES string of the molecule is CNC(=O)c1ccc2c(c1)CCc1cc(C(=O)NC)ccc1C2(CCNCC(=O)N1CCCC1C#N)c1nc(=O)on1C. The van der Waals surface area contributed by atoms with Crippen molar-refractivity contribution in [3.63, 3.8) is 0 Å². The summed E-state index contributed by atoms with van der Waals surface area (Å²) in [5, 5.41) is 18.0. The first-order chi connectivity index (χ1) is 20.7. The number of rotatable bonds is 8. The molecule has 3 aromatic rings. The lowest BCUT2D eigenvalue weighted by molar-refractivity contribution is -0.130. The number of benzene rings is 2. The topological polar surface area (TPSA) is 162 Å². The molecule has 0 saturated carbocycles. The number of amides is 3. The van der Waals surface area contributed by atoms with Gasteiger partial charge >= 0.3 is 5.76 Å². The molecule has 12 heteroatoms. The van der Waals surface area contributed by atoms with Crippen molar-refractivity contribution in [2.75, 3.05) is 33.7 Å².